The zero-order valence-electron chi connectivity index (χ0n) is 12.3. The summed E-state index contributed by atoms with van der Waals surface area (Å²) < 4.78 is 5.32. The molecule has 2 N–H and O–H groups in total. The summed E-state index contributed by atoms with van der Waals surface area (Å²) in [4.78, 5) is 10.9. The first kappa shape index (κ1) is 14.2. The van der Waals surface area contributed by atoms with E-state index in [1.807, 2.05) is 13.0 Å². The summed E-state index contributed by atoms with van der Waals surface area (Å²) in [5, 5.41) is 4.02. The van der Waals surface area contributed by atoms with Crippen LogP contribution < -0.4 is 5.73 Å². The molecular weight excluding hydrogens is 266 g/mol. The van der Waals surface area contributed by atoms with Crippen molar-refractivity contribution in [2.45, 2.75) is 32.2 Å². The highest BCUT2D eigenvalue weighted by Crippen LogP contribution is 2.20. The lowest BCUT2D eigenvalue weighted by molar-refractivity contribution is 0.213. The number of aryl methyl sites for hydroxylation is 1. The lowest BCUT2D eigenvalue weighted by atomic mass is 10.1. The lowest BCUT2D eigenvalue weighted by Crippen LogP contribution is -2.36. The van der Waals surface area contributed by atoms with Gasteiger partial charge in [-0.1, -0.05) is 11.6 Å². The van der Waals surface area contributed by atoms with Crippen molar-refractivity contribution in [1.82, 2.24) is 20.0 Å². The highest BCUT2D eigenvalue weighted by atomic mass is 16.5. The van der Waals surface area contributed by atoms with E-state index >= 15 is 0 Å². The van der Waals surface area contributed by atoms with E-state index in [0.29, 0.717) is 11.7 Å². The molecule has 21 heavy (non-hydrogen) atoms. The largest absolute Gasteiger partial charge is 0.334 e. The van der Waals surface area contributed by atoms with Crippen LogP contribution in [0.5, 0.6) is 0 Å². The van der Waals surface area contributed by atoms with Gasteiger partial charge in [0.2, 0.25) is 0 Å². The zero-order valence-corrected chi connectivity index (χ0v) is 12.3. The minimum atomic E-state index is -0.210. The Morgan fingerprint density at radius 3 is 2.86 bits per heavy atom. The normalized spacial score (nSPS) is 17.8. The van der Waals surface area contributed by atoms with E-state index in [9.17, 15) is 0 Å². The molecule has 0 aliphatic carbocycles. The fourth-order valence-electron chi connectivity index (χ4n) is 2.68. The van der Waals surface area contributed by atoms with E-state index in [2.05, 4.69) is 20.0 Å². The minimum Gasteiger partial charge on any atom is -0.334 e. The molecule has 0 radical (unpaired) electrons. The van der Waals surface area contributed by atoms with Gasteiger partial charge in [-0.2, -0.15) is 4.98 Å². The molecule has 3 rings (SSSR count). The molecule has 0 saturated carbocycles. The monoisotopic (exact) mass is 287 g/mol. The van der Waals surface area contributed by atoms with Crippen molar-refractivity contribution in [2.24, 2.45) is 5.73 Å². The Morgan fingerprint density at radius 2 is 2.10 bits per heavy atom. The maximum absolute atomic E-state index is 6.20. The number of hydrogen-bond donors (Lipinski definition) is 1. The Balaban J connectivity index is 1.69. The number of aromatic nitrogens is 3. The van der Waals surface area contributed by atoms with E-state index in [1.165, 1.54) is 19.3 Å². The van der Waals surface area contributed by atoms with Crippen molar-refractivity contribution < 1.29 is 4.52 Å². The van der Waals surface area contributed by atoms with Crippen LogP contribution in [0.2, 0.25) is 0 Å². The van der Waals surface area contributed by atoms with Gasteiger partial charge >= 0.3 is 0 Å². The Labute approximate surface area is 124 Å². The van der Waals surface area contributed by atoms with Crippen LogP contribution in [0.4, 0.5) is 0 Å². The number of nitrogens with zero attached hydrogens (tertiary/aromatic N) is 4. The third-order valence-corrected chi connectivity index (χ3v) is 3.80. The molecule has 2 aromatic heterocycles. The molecule has 0 spiro atoms. The van der Waals surface area contributed by atoms with Crippen LogP contribution in [0, 0.1) is 6.92 Å². The summed E-state index contributed by atoms with van der Waals surface area (Å²) >= 11 is 0. The highest BCUT2D eigenvalue weighted by molar-refractivity contribution is 5.51. The van der Waals surface area contributed by atoms with Crippen LogP contribution >= 0.6 is 0 Å². The van der Waals surface area contributed by atoms with Gasteiger partial charge in [-0.15, -0.1) is 0 Å². The van der Waals surface area contributed by atoms with Crippen LogP contribution in [-0.2, 0) is 0 Å². The number of hydrogen-bond acceptors (Lipinski definition) is 6. The fraction of sp³-hybridized carbons (Fsp3) is 0.533. The molecule has 3 heterocycles. The van der Waals surface area contributed by atoms with Crippen LogP contribution in [0.15, 0.2) is 23.0 Å². The maximum Gasteiger partial charge on any atom is 0.259 e. The quantitative estimate of drug-likeness (QED) is 0.925. The second-order valence-electron chi connectivity index (χ2n) is 5.68. The van der Waals surface area contributed by atoms with E-state index in [4.69, 9.17) is 10.3 Å². The van der Waals surface area contributed by atoms with Crippen molar-refractivity contribution >= 4 is 0 Å². The molecule has 1 aliphatic rings. The molecule has 0 bridgehead atoms. The number of likely N-dealkylation sites (tertiary alicyclic amines) is 1. The Bertz CT molecular complexity index is 591. The van der Waals surface area contributed by atoms with Gasteiger partial charge in [0.05, 0.1) is 11.6 Å². The molecule has 1 aliphatic heterocycles. The topological polar surface area (TPSA) is 81.1 Å². The fourth-order valence-corrected chi connectivity index (χ4v) is 2.68. The second-order valence-corrected chi connectivity index (χ2v) is 5.68. The summed E-state index contributed by atoms with van der Waals surface area (Å²) in [6, 6.07) is 1.76. The number of rotatable bonds is 4. The van der Waals surface area contributed by atoms with E-state index in [0.717, 1.165) is 30.8 Å². The Hall–Kier alpha value is -1.79. The van der Waals surface area contributed by atoms with Crippen LogP contribution in [0.3, 0.4) is 0 Å². The molecule has 0 amide bonds. The van der Waals surface area contributed by atoms with Gasteiger partial charge in [-0.25, -0.2) is 0 Å². The van der Waals surface area contributed by atoms with Gasteiger partial charge in [0.15, 0.2) is 5.82 Å². The SMILES string of the molecule is Cc1cncc(-c2nc(C(N)CN3CCCCC3)no2)c1. The van der Waals surface area contributed by atoms with Gasteiger partial charge in [0, 0.05) is 18.9 Å². The first-order valence-electron chi connectivity index (χ1n) is 7.46. The van der Waals surface area contributed by atoms with Crippen molar-refractivity contribution in [3.8, 4) is 11.5 Å². The summed E-state index contributed by atoms with van der Waals surface area (Å²) in [6.07, 6.45) is 7.33. The average molecular weight is 287 g/mol. The van der Waals surface area contributed by atoms with Crippen LogP contribution in [-0.4, -0.2) is 39.7 Å². The average Bonchev–Trinajstić information content (AvgIpc) is 2.98. The first-order valence-corrected chi connectivity index (χ1v) is 7.46. The lowest BCUT2D eigenvalue weighted by Gasteiger charge is -2.27. The van der Waals surface area contributed by atoms with Crippen molar-refractivity contribution in [3.63, 3.8) is 0 Å². The van der Waals surface area contributed by atoms with Gasteiger partial charge in [0.25, 0.3) is 5.89 Å². The number of piperidine rings is 1. The Morgan fingerprint density at radius 1 is 1.29 bits per heavy atom. The summed E-state index contributed by atoms with van der Waals surface area (Å²) in [7, 11) is 0. The predicted octanol–water partition coefficient (Wildman–Crippen LogP) is 1.93. The molecular formula is C15H21N5O. The number of nitrogens with two attached hydrogens (primary N) is 1. The number of pyridine rings is 1. The molecule has 6 nitrogen and oxygen atoms in total. The van der Waals surface area contributed by atoms with Crippen molar-refractivity contribution in [1.29, 1.82) is 0 Å². The summed E-state index contributed by atoms with van der Waals surface area (Å²) in [5.74, 6) is 1.05. The maximum atomic E-state index is 6.20. The smallest absolute Gasteiger partial charge is 0.259 e. The van der Waals surface area contributed by atoms with Gasteiger partial charge in [-0.05, 0) is 44.5 Å². The van der Waals surface area contributed by atoms with E-state index in [-0.39, 0.29) is 6.04 Å². The van der Waals surface area contributed by atoms with Crippen LogP contribution in [0.25, 0.3) is 11.5 Å². The molecule has 1 fully saturated rings. The van der Waals surface area contributed by atoms with Gasteiger partial charge in [0.1, 0.15) is 0 Å². The van der Waals surface area contributed by atoms with Gasteiger partial charge in [-0.3, -0.25) is 4.98 Å². The second kappa shape index (κ2) is 6.32. The molecule has 1 atom stereocenters. The highest BCUT2D eigenvalue weighted by Gasteiger charge is 2.19. The molecule has 1 saturated heterocycles. The predicted molar refractivity (Wildman–Crippen MR) is 79.5 cm³/mol. The van der Waals surface area contributed by atoms with Crippen molar-refractivity contribution in [3.05, 3.63) is 29.8 Å². The van der Waals surface area contributed by atoms with E-state index < -0.39 is 0 Å². The molecule has 112 valence electrons. The minimum absolute atomic E-state index is 0.210. The summed E-state index contributed by atoms with van der Waals surface area (Å²) in [5.41, 5.74) is 8.10. The molecule has 6 heteroatoms. The molecule has 1 unspecified atom stereocenters. The van der Waals surface area contributed by atoms with Crippen LogP contribution in [0.1, 0.15) is 36.7 Å². The third kappa shape index (κ3) is 3.46. The van der Waals surface area contributed by atoms with Crippen molar-refractivity contribution in [2.75, 3.05) is 19.6 Å². The first-order chi connectivity index (χ1) is 10.2. The third-order valence-electron chi connectivity index (χ3n) is 3.80. The van der Waals surface area contributed by atoms with Gasteiger partial charge < -0.3 is 15.2 Å². The summed E-state index contributed by atoms with van der Waals surface area (Å²) in [6.45, 7) is 4.99. The molecule has 2 aromatic rings. The molecule has 0 aromatic carbocycles. The standard InChI is InChI=1S/C15H21N5O/c1-11-7-12(9-17-8-11)15-18-14(19-21-15)13(16)10-20-5-3-2-4-6-20/h7-9,13H,2-6,10,16H2,1H3. The van der Waals surface area contributed by atoms with E-state index in [1.54, 1.807) is 12.4 Å². The Kier molecular flexibility index (Phi) is 4.26. The zero-order chi connectivity index (χ0) is 14.7.